The summed E-state index contributed by atoms with van der Waals surface area (Å²) in [6.45, 7) is 5.81. The van der Waals surface area contributed by atoms with E-state index < -0.39 is 10.4 Å². The highest BCUT2D eigenvalue weighted by atomic mass is 32.3. The molecule has 0 aromatic heterocycles. The van der Waals surface area contributed by atoms with E-state index in [4.69, 9.17) is 14.0 Å². The SMILES string of the molecule is CCCC(CC)COCCOCCOS(=O)(=O)O. The van der Waals surface area contributed by atoms with Gasteiger partial charge in [-0.2, -0.15) is 8.42 Å². The van der Waals surface area contributed by atoms with Crippen LogP contribution in [0.15, 0.2) is 0 Å². The molecule has 0 rings (SSSR count). The van der Waals surface area contributed by atoms with Crippen LogP contribution in [0.2, 0.25) is 0 Å². The van der Waals surface area contributed by atoms with Gasteiger partial charge in [-0.25, -0.2) is 4.18 Å². The van der Waals surface area contributed by atoms with Gasteiger partial charge in [-0.1, -0.05) is 26.7 Å². The third-order valence-corrected chi connectivity index (χ3v) is 2.92. The van der Waals surface area contributed by atoms with Crippen molar-refractivity contribution >= 4 is 10.4 Å². The Labute approximate surface area is 110 Å². The zero-order valence-corrected chi connectivity index (χ0v) is 11.9. The van der Waals surface area contributed by atoms with E-state index in [9.17, 15) is 8.42 Å². The first-order valence-corrected chi connectivity index (χ1v) is 7.63. The number of rotatable bonds is 12. The topological polar surface area (TPSA) is 82.1 Å². The first-order valence-electron chi connectivity index (χ1n) is 6.26. The number of hydrogen-bond acceptors (Lipinski definition) is 5. The van der Waals surface area contributed by atoms with Crippen LogP contribution >= 0.6 is 0 Å². The predicted molar refractivity (Wildman–Crippen MR) is 67.8 cm³/mol. The lowest BCUT2D eigenvalue weighted by molar-refractivity contribution is 0.0226. The summed E-state index contributed by atoms with van der Waals surface area (Å²) in [7, 11) is -4.35. The van der Waals surface area contributed by atoms with Crippen molar-refractivity contribution in [3.8, 4) is 0 Å². The second-order valence-corrected chi connectivity index (χ2v) is 5.09. The van der Waals surface area contributed by atoms with E-state index in [1.54, 1.807) is 0 Å². The lowest BCUT2D eigenvalue weighted by Gasteiger charge is -2.13. The van der Waals surface area contributed by atoms with Gasteiger partial charge in [-0.3, -0.25) is 4.55 Å². The number of hydrogen-bond donors (Lipinski definition) is 1. The molecular weight excluding hydrogens is 260 g/mol. The summed E-state index contributed by atoms with van der Waals surface area (Å²) in [5.41, 5.74) is 0. The fourth-order valence-corrected chi connectivity index (χ4v) is 1.76. The quantitative estimate of drug-likeness (QED) is 0.433. The molecule has 0 saturated heterocycles. The van der Waals surface area contributed by atoms with Crippen LogP contribution in [0.4, 0.5) is 0 Å². The zero-order valence-electron chi connectivity index (χ0n) is 11.1. The molecule has 18 heavy (non-hydrogen) atoms. The van der Waals surface area contributed by atoms with E-state index in [0.29, 0.717) is 19.1 Å². The van der Waals surface area contributed by atoms with E-state index in [1.165, 1.54) is 6.42 Å². The minimum Gasteiger partial charge on any atom is -0.379 e. The molecule has 0 aliphatic carbocycles. The Bertz CT molecular complexity index is 277. The third kappa shape index (κ3) is 12.3. The van der Waals surface area contributed by atoms with E-state index >= 15 is 0 Å². The van der Waals surface area contributed by atoms with Gasteiger partial charge in [0.15, 0.2) is 0 Å². The van der Waals surface area contributed by atoms with Gasteiger partial charge in [-0.15, -0.1) is 0 Å². The lowest BCUT2D eigenvalue weighted by Crippen LogP contribution is -2.14. The monoisotopic (exact) mass is 284 g/mol. The normalized spacial score (nSPS) is 13.7. The Balaban J connectivity index is 3.30. The molecule has 1 N–H and O–H groups in total. The highest BCUT2D eigenvalue weighted by Gasteiger charge is 2.05. The van der Waals surface area contributed by atoms with Gasteiger partial charge in [0.25, 0.3) is 0 Å². The lowest BCUT2D eigenvalue weighted by atomic mass is 10.0. The summed E-state index contributed by atoms with van der Waals surface area (Å²) in [5.74, 6) is 0.595. The summed E-state index contributed by atoms with van der Waals surface area (Å²) in [6, 6.07) is 0. The van der Waals surface area contributed by atoms with Crippen LogP contribution in [-0.2, 0) is 24.1 Å². The first-order chi connectivity index (χ1) is 8.49. The maximum absolute atomic E-state index is 10.2. The van der Waals surface area contributed by atoms with Crippen molar-refractivity contribution < 1.29 is 26.6 Å². The molecule has 0 saturated carbocycles. The van der Waals surface area contributed by atoms with Gasteiger partial charge in [0.1, 0.15) is 0 Å². The van der Waals surface area contributed by atoms with E-state index in [1.807, 2.05) is 0 Å². The highest BCUT2D eigenvalue weighted by Crippen LogP contribution is 2.10. The highest BCUT2D eigenvalue weighted by molar-refractivity contribution is 7.80. The van der Waals surface area contributed by atoms with Crippen LogP contribution in [0.5, 0.6) is 0 Å². The van der Waals surface area contributed by atoms with Gasteiger partial charge in [0, 0.05) is 6.61 Å². The van der Waals surface area contributed by atoms with Crippen LogP contribution in [0, 0.1) is 5.92 Å². The van der Waals surface area contributed by atoms with Gasteiger partial charge >= 0.3 is 10.4 Å². The maximum atomic E-state index is 10.2. The van der Waals surface area contributed by atoms with Crippen molar-refractivity contribution in [2.75, 3.05) is 33.0 Å². The van der Waals surface area contributed by atoms with Crippen molar-refractivity contribution in [1.29, 1.82) is 0 Å². The van der Waals surface area contributed by atoms with Gasteiger partial charge in [0.2, 0.25) is 0 Å². The Morgan fingerprint density at radius 1 is 1.06 bits per heavy atom. The minimum atomic E-state index is -4.35. The maximum Gasteiger partial charge on any atom is 0.397 e. The molecule has 110 valence electrons. The molecule has 0 aliphatic rings. The molecule has 1 unspecified atom stereocenters. The second kappa shape index (κ2) is 10.7. The number of ether oxygens (including phenoxy) is 2. The predicted octanol–water partition coefficient (Wildman–Crippen LogP) is 1.67. The summed E-state index contributed by atoms with van der Waals surface area (Å²) >= 11 is 0. The van der Waals surface area contributed by atoms with E-state index in [-0.39, 0.29) is 13.2 Å². The minimum absolute atomic E-state index is 0.106. The molecule has 0 aromatic rings. The smallest absolute Gasteiger partial charge is 0.379 e. The molecule has 7 heteroatoms. The van der Waals surface area contributed by atoms with Crippen molar-refractivity contribution in [1.82, 2.24) is 0 Å². The standard InChI is InChI=1S/C11H24O6S/c1-3-5-11(4-2)10-16-7-6-15-8-9-17-18(12,13)14/h11H,3-10H2,1-2H3,(H,12,13,14). The van der Waals surface area contributed by atoms with Gasteiger partial charge < -0.3 is 9.47 Å². The molecule has 0 spiro atoms. The Kier molecular flexibility index (Phi) is 10.6. The fourth-order valence-electron chi connectivity index (χ4n) is 1.48. The summed E-state index contributed by atoms with van der Waals surface area (Å²) < 4.78 is 43.3. The first kappa shape index (κ1) is 17.8. The van der Waals surface area contributed by atoms with Crippen LogP contribution in [0.25, 0.3) is 0 Å². The Morgan fingerprint density at radius 2 is 1.67 bits per heavy atom. The van der Waals surface area contributed by atoms with Crippen LogP contribution in [-0.4, -0.2) is 46.0 Å². The van der Waals surface area contributed by atoms with E-state index in [0.717, 1.165) is 19.4 Å². The molecular formula is C11H24O6S. The summed E-state index contributed by atoms with van der Waals surface area (Å²) in [5, 5.41) is 0. The zero-order chi connectivity index (χ0) is 13.9. The molecule has 0 aromatic carbocycles. The molecule has 0 fully saturated rings. The largest absolute Gasteiger partial charge is 0.397 e. The van der Waals surface area contributed by atoms with Crippen molar-refractivity contribution in [3.63, 3.8) is 0 Å². The summed E-state index contributed by atoms with van der Waals surface area (Å²) in [4.78, 5) is 0. The average Bonchev–Trinajstić information content (AvgIpc) is 2.29. The molecule has 1 atom stereocenters. The summed E-state index contributed by atoms with van der Waals surface area (Å²) in [6.07, 6.45) is 3.43. The molecule has 0 bridgehead atoms. The molecule has 0 aliphatic heterocycles. The van der Waals surface area contributed by atoms with Gasteiger partial charge in [0.05, 0.1) is 26.4 Å². The van der Waals surface area contributed by atoms with Crippen LogP contribution < -0.4 is 0 Å². The Morgan fingerprint density at radius 3 is 2.22 bits per heavy atom. The molecule has 0 amide bonds. The Hall–Kier alpha value is -0.210. The second-order valence-electron chi connectivity index (χ2n) is 4.00. The van der Waals surface area contributed by atoms with Crippen molar-refractivity contribution in [2.45, 2.75) is 33.1 Å². The fraction of sp³-hybridized carbons (Fsp3) is 1.00. The van der Waals surface area contributed by atoms with Crippen LogP contribution in [0.1, 0.15) is 33.1 Å². The van der Waals surface area contributed by atoms with Crippen LogP contribution in [0.3, 0.4) is 0 Å². The van der Waals surface area contributed by atoms with Crippen molar-refractivity contribution in [2.24, 2.45) is 5.92 Å². The van der Waals surface area contributed by atoms with E-state index in [2.05, 4.69) is 18.0 Å². The molecule has 6 nitrogen and oxygen atoms in total. The molecule has 0 heterocycles. The average molecular weight is 284 g/mol. The molecule has 0 radical (unpaired) electrons. The van der Waals surface area contributed by atoms with Gasteiger partial charge in [-0.05, 0) is 12.3 Å². The van der Waals surface area contributed by atoms with Crippen molar-refractivity contribution in [3.05, 3.63) is 0 Å². The third-order valence-electron chi connectivity index (χ3n) is 2.46.